The number of benzene rings is 3. The van der Waals surface area contributed by atoms with E-state index in [1.54, 1.807) is 12.1 Å². The summed E-state index contributed by atoms with van der Waals surface area (Å²) in [6.45, 7) is 2.57. The fourth-order valence-electron chi connectivity index (χ4n) is 4.50. The average Bonchev–Trinajstić information content (AvgIpc) is 2.95. The van der Waals surface area contributed by atoms with Gasteiger partial charge in [-0.1, -0.05) is 78.4 Å². The second-order valence-electron chi connectivity index (χ2n) is 7.98. The lowest BCUT2D eigenvalue weighted by Gasteiger charge is -2.38. The maximum absolute atomic E-state index is 13.3. The van der Waals surface area contributed by atoms with Crippen LogP contribution in [0.5, 0.6) is 0 Å². The minimum Gasteiger partial charge on any atom is -0.392 e. The van der Waals surface area contributed by atoms with Crippen molar-refractivity contribution in [1.29, 1.82) is 0 Å². The summed E-state index contributed by atoms with van der Waals surface area (Å²) < 4.78 is 28.1. The molecular formula is C25H27NO3S. The van der Waals surface area contributed by atoms with Crippen LogP contribution in [0.2, 0.25) is 0 Å². The van der Waals surface area contributed by atoms with Crippen LogP contribution in [0.3, 0.4) is 0 Å². The molecule has 0 bridgehead atoms. The first kappa shape index (κ1) is 20.8. The predicted octanol–water partition coefficient (Wildman–Crippen LogP) is 4.13. The lowest BCUT2D eigenvalue weighted by Crippen LogP contribution is -2.41. The van der Waals surface area contributed by atoms with E-state index in [0.717, 1.165) is 16.7 Å². The minimum absolute atomic E-state index is 0.290. The Morgan fingerprint density at radius 1 is 0.833 bits per heavy atom. The Labute approximate surface area is 178 Å². The van der Waals surface area contributed by atoms with E-state index < -0.39 is 21.5 Å². The van der Waals surface area contributed by atoms with Crippen LogP contribution in [0.25, 0.3) is 0 Å². The Bertz CT molecular complexity index is 1040. The average molecular weight is 422 g/mol. The second kappa shape index (κ2) is 8.34. The van der Waals surface area contributed by atoms with Crippen molar-refractivity contribution >= 4 is 10.0 Å². The molecule has 4 nitrogen and oxygen atoms in total. The van der Waals surface area contributed by atoms with Gasteiger partial charge in [-0.3, -0.25) is 0 Å². The Hall–Kier alpha value is -2.47. The lowest BCUT2D eigenvalue weighted by atomic mass is 9.68. The van der Waals surface area contributed by atoms with E-state index in [-0.39, 0.29) is 0 Å². The van der Waals surface area contributed by atoms with Crippen LogP contribution in [0, 0.1) is 6.92 Å². The SMILES string of the molecule is Cc1ccc(S(=O)(=O)N2CCC(O)C(c3ccccc3)(c3ccccc3)CC2)cc1. The van der Waals surface area contributed by atoms with Gasteiger partial charge in [-0.15, -0.1) is 0 Å². The number of nitrogens with zero attached hydrogens (tertiary/aromatic N) is 1. The van der Waals surface area contributed by atoms with Gasteiger partial charge in [0, 0.05) is 18.5 Å². The normalized spacial score (nSPS) is 19.9. The predicted molar refractivity (Wildman–Crippen MR) is 119 cm³/mol. The van der Waals surface area contributed by atoms with Crippen molar-refractivity contribution < 1.29 is 13.5 Å². The van der Waals surface area contributed by atoms with Crippen molar-refractivity contribution in [1.82, 2.24) is 4.31 Å². The van der Waals surface area contributed by atoms with Crippen LogP contribution >= 0.6 is 0 Å². The van der Waals surface area contributed by atoms with E-state index >= 15 is 0 Å². The summed E-state index contributed by atoms with van der Waals surface area (Å²) in [5.74, 6) is 0. The summed E-state index contributed by atoms with van der Waals surface area (Å²) in [6.07, 6.45) is 0.183. The molecule has 30 heavy (non-hydrogen) atoms. The molecule has 156 valence electrons. The standard InChI is InChI=1S/C25H27NO3S/c1-20-12-14-23(15-13-20)30(28,29)26-18-16-24(27)25(17-19-26,21-8-4-2-5-9-21)22-10-6-3-7-11-22/h2-15,24,27H,16-19H2,1H3. The molecular weight excluding hydrogens is 394 g/mol. The fraction of sp³-hybridized carbons (Fsp3) is 0.280. The molecule has 1 heterocycles. The molecule has 1 unspecified atom stereocenters. The van der Waals surface area contributed by atoms with Crippen molar-refractivity contribution in [3.8, 4) is 0 Å². The molecule has 4 rings (SSSR count). The van der Waals surface area contributed by atoms with Gasteiger partial charge in [-0.05, 0) is 43.0 Å². The highest BCUT2D eigenvalue weighted by Gasteiger charge is 2.44. The summed E-state index contributed by atoms with van der Waals surface area (Å²) in [6, 6.07) is 26.9. The Morgan fingerprint density at radius 2 is 1.37 bits per heavy atom. The van der Waals surface area contributed by atoms with Crippen LogP contribution in [0.1, 0.15) is 29.5 Å². The van der Waals surface area contributed by atoms with E-state index in [4.69, 9.17) is 0 Å². The first-order valence-corrected chi connectivity index (χ1v) is 11.7. The molecule has 1 atom stereocenters. The van der Waals surface area contributed by atoms with E-state index in [1.165, 1.54) is 4.31 Å². The third-order valence-corrected chi connectivity index (χ3v) is 8.13. The van der Waals surface area contributed by atoms with Gasteiger partial charge in [0.1, 0.15) is 0 Å². The maximum atomic E-state index is 13.3. The molecule has 1 saturated heterocycles. The zero-order valence-electron chi connectivity index (χ0n) is 17.1. The van der Waals surface area contributed by atoms with Crippen LogP contribution in [0.15, 0.2) is 89.8 Å². The number of hydrogen-bond acceptors (Lipinski definition) is 3. The number of rotatable bonds is 4. The third kappa shape index (κ3) is 3.69. The largest absolute Gasteiger partial charge is 0.392 e. The molecule has 0 saturated carbocycles. The molecule has 0 spiro atoms. The Kier molecular flexibility index (Phi) is 5.78. The van der Waals surface area contributed by atoms with Crippen molar-refractivity contribution in [2.45, 2.75) is 36.2 Å². The van der Waals surface area contributed by atoms with Crippen molar-refractivity contribution in [2.24, 2.45) is 0 Å². The van der Waals surface area contributed by atoms with Gasteiger partial charge in [0.25, 0.3) is 0 Å². The highest BCUT2D eigenvalue weighted by atomic mass is 32.2. The zero-order valence-corrected chi connectivity index (χ0v) is 17.9. The summed E-state index contributed by atoms with van der Waals surface area (Å²) in [5, 5.41) is 11.4. The van der Waals surface area contributed by atoms with Crippen LogP contribution in [0.4, 0.5) is 0 Å². The highest BCUT2D eigenvalue weighted by Crippen LogP contribution is 2.42. The molecule has 3 aromatic rings. The topological polar surface area (TPSA) is 57.6 Å². The summed E-state index contributed by atoms with van der Waals surface area (Å²) in [4.78, 5) is 0.300. The van der Waals surface area contributed by atoms with E-state index in [0.29, 0.717) is 30.8 Å². The zero-order chi connectivity index (χ0) is 21.2. The van der Waals surface area contributed by atoms with Gasteiger partial charge < -0.3 is 5.11 Å². The molecule has 0 aromatic heterocycles. The first-order chi connectivity index (χ1) is 14.4. The molecule has 1 fully saturated rings. The van der Waals surface area contributed by atoms with Crippen molar-refractivity contribution in [2.75, 3.05) is 13.1 Å². The molecule has 0 aliphatic carbocycles. The quantitative estimate of drug-likeness (QED) is 0.689. The van der Waals surface area contributed by atoms with E-state index in [2.05, 4.69) is 0 Å². The van der Waals surface area contributed by atoms with E-state index in [1.807, 2.05) is 79.7 Å². The molecule has 1 aliphatic rings. The Balaban J connectivity index is 1.74. The second-order valence-corrected chi connectivity index (χ2v) is 9.91. The number of hydrogen-bond donors (Lipinski definition) is 1. The molecule has 1 aliphatic heterocycles. The van der Waals surface area contributed by atoms with Gasteiger partial charge in [0.05, 0.1) is 11.0 Å². The summed E-state index contributed by atoms with van der Waals surface area (Å²) in [7, 11) is -3.62. The van der Waals surface area contributed by atoms with Crippen molar-refractivity contribution in [3.05, 3.63) is 102 Å². The Morgan fingerprint density at radius 3 is 1.90 bits per heavy atom. The van der Waals surface area contributed by atoms with Gasteiger partial charge in [0.15, 0.2) is 0 Å². The fourth-order valence-corrected chi connectivity index (χ4v) is 5.96. The van der Waals surface area contributed by atoms with E-state index in [9.17, 15) is 13.5 Å². The van der Waals surface area contributed by atoms with Crippen molar-refractivity contribution in [3.63, 3.8) is 0 Å². The van der Waals surface area contributed by atoms with Crippen LogP contribution in [-0.4, -0.2) is 37.0 Å². The molecule has 0 amide bonds. The number of aryl methyl sites for hydroxylation is 1. The summed E-state index contributed by atoms with van der Waals surface area (Å²) in [5.41, 5.74) is 2.39. The smallest absolute Gasteiger partial charge is 0.243 e. The molecule has 0 radical (unpaired) electrons. The lowest BCUT2D eigenvalue weighted by molar-refractivity contribution is 0.0981. The molecule has 1 N–H and O–H groups in total. The van der Waals surface area contributed by atoms with Crippen LogP contribution in [-0.2, 0) is 15.4 Å². The van der Waals surface area contributed by atoms with Crippen LogP contribution < -0.4 is 0 Å². The van der Waals surface area contributed by atoms with Gasteiger partial charge in [-0.2, -0.15) is 4.31 Å². The minimum atomic E-state index is -3.62. The number of sulfonamides is 1. The monoisotopic (exact) mass is 421 g/mol. The summed E-state index contributed by atoms with van der Waals surface area (Å²) >= 11 is 0. The molecule has 3 aromatic carbocycles. The number of aliphatic hydroxyl groups is 1. The third-order valence-electron chi connectivity index (χ3n) is 6.21. The maximum Gasteiger partial charge on any atom is 0.243 e. The van der Waals surface area contributed by atoms with Gasteiger partial charge in [-0.25, -0.2) is 8.42 Å². The number of aliphatic hydroxyl groups excluding tert-OH is 1. The van der Waals surface area contributed by atoms with Gasteiger partial charge in [0.2, 0.25) is 10.0 Å². The highest BCUT2D eigenvalue weighted by molar-refractivity contribution is 7.89. The van der Waals surface area contributed by atoms with Gasteiger partial charge >= 0.3 is 0 Å². The molecule has 5 heteroatoms. The first-order valence-electron chi connectivity index (χ1n) is 10.3.